The summed E-state index contributed by atoms with van der Waals surface area (Å²) in [5.41, 5.74) is -0.317. The van der Waals surface area contributed by atoms with Gasteiger partial charge < -0.3 is 14.8 Å². The molecule has 3 rings (SSSR count). The van der Waals surface area contributed by atoms with Gasteiger partial charge in [0.1, 0.15) is 16.4 Å². The lowest BCUT2D eigenvalue weighted by Gasteiger charge is -2.19. The molecule has 0 aliphatic heterocycles. The highest BCUT2D eigenvalue weighted by atomic mass is 32.2. The van der Waals surface area contributed by atoms with Gasteiger partial charge in [-0.1, -0.05) is 0 Å². The van der Waals surface area contributed by atoms with Crippen LogP contribution in [-0.2, 0) is 11.1 Å². The van der Waals surface area contributed by atoms with Crippen molar-refractivity contribution in [2.75, 3.05) is 0 Å². The molecule has 1 aliphatic carbocycles. The smallest absolute Gasteiger partial charge is 0.195 e. The van der Waals surface area contributed by atoms with Crippen LogP contribution in [0.5, 0.6) is 11.5 Å². The maximum absolute atomic E-state index is 12.5. The van der Waals surface area contributed by atoms with Gasteiger partial charge in [0.25, 0.3) is 0 Å². The van der Waals surface area contributed by atoms with Crippen molar-refractivity contribution in [1.29, 1.82) is 0 Å². The Hall–Kier alpha value is -2.51. The molecule has 2 aromatic rings. The topological polar surface area (TPSA) is 112 Å². The Kier molecular flexibility index (Phi) is 2.89. The molecule has 2 aromatic carbocycles. The van der Waals surface area contributed by atoms with Crippen LogP contribution in [0.4, 0.5) is 0 Å². The molecule has 0 fully saturated rings. The lowest BCUT2D eigenvalue weighted by atomic mass is 9.84. The Bertz CT molecular complexity index is 840. The molecule has 7 heteroatoms. The minimum atomic E-state index is -2.62. The average Bonchev–Trinajstić information content (AvgIpc) is 2.43. The van der Waals surface area contributed by atoms with Crippen molar-refractivity contribution in [2.45, 2.75) is 4.90 Å². The van der Waals surface area contributed by atoms with Crippen LogP contribution in [0.15, 0.2) is 35.2 Å². The van der Waals surface area contributed by atoms with Crippen LogP contribution in [0.2, 0.25) is 0 Å². The van der Waals surface area contributed by atoms with E-state index in [1.165, 1.54) is 24.3 Å². The summed E-state index contributed by atoms with van der Waals surface area (Å²) in [5, 5.41) is 19.1. The summed E-state index contributed by atoms with van der Waals surface area (Å²) in [6.07, 6.45) is 0. The molecule has 6 nitrogen and oxygen atoms in total. The van der Waals surface area contributed by atoms with Crippen LogP contribution < -0.4 is 0 Å². The maximum Gasteiger partial charge on any atom is 0.195 e. The quantitative estimate of drug-likeness (QED) is 0.587. The molecule has 1 atom stereocenters. The van der Waals surface area contributed by atoms with Crippen LogP contribution in [0, 0.1) is 0 Å². The molecule has 0 heterocycles. The molecule has 3 N–H and O–H groups in total. The Morgan fingerprint density at radius 2 is 1.52 bits per heavy atom. The average molecular weight is 304 g/mol. The third kappa shape index (κ3) is 1.86. The first-order chi connectivity index (χ1) is 9.91. The molecule has 0 radical (unpaired) electrons. The molecule has 0 bridgehead atoms. The van der Waals surface area contributed by atoms with Crippen molar-refractivity contribution in [3.05, 3.63) is 52.6 Å². The summed E-state index contributed by atoms with van der Waals surface area (Å²) < 4.78 is 20.6. The minimum absolute atomic E-state index is 0.0163. The van der Waals surface area contributed by atoms with Gasteiger partial charge in [-0.3, -0.25) is 9.59 Å². The van der Waals surface area contributed by atoms with E-state index < -0.39 is 33.3 Å². The van der Waals surface area contributed by atoms with E-state index in [2.05, 4.69) is 0 Å². The van der Waals surface area contributed by atoms with E-state index in [-0.39, 0.29) is 28.0 Å². The predicted octanol–water partition coefficient (Wildman–Crippen LogP) is 1.45. The summed E-state index contributed by atoms with van der Waals surface area (Å²) in [4.78, 5) is 24.3. The Morgan fingerprint density at radius 1 is 0.857 bits per heavy atom. The highest BCUT2D eigenvalue weighted by Crippen LogP contribution is 2.36. The van der Waals surface area contributed by atoms with E-state index >= 15 is 0 Å². The molecule has 21 heavy (non-hydrogen) atoms. The maximum atomic E-state index is 12.5. The first kappa shape index (κ1) is 13.5. The van der Waals surface area contributed by atoms with Gasteiger partial charge in [-0.25, -0.2) is 4.21 Å². The van der Waals surface area contributed by atoms with E-state index in [1.807, 2.05) is 0 Å². The third-order valence-corrected chi connectivity index (χ3v) is 4.04. The van der Waals surface area contributed by atoms with Gasteiger partial charge in [0.15, 0.2) is 22.6 Å². The van der Waals surface area contributed by atoms with Gasteiger partial charge in [0.05, 0.1) is 5.56 Å². The number of carbonyl (C=O) groups is 2. The summed E-state index contributed by atoms with van der Waals surface area (Å²) in [6.45, 7) is 0. The second kappa shape index (κ2) is 4.51. The molecule has 0 spiro atoms. The highest BCUT2D eigenvalue weighted by Gasteiger charge is 2.34. The SMILES string of the molecule is O=C1c2cc(O)ccc2C(=O)c2c1ccc(O)c2S(=O)O. The zero-order valence-electron chi connectivity index (χ0n) is 10.4. The van der Waals surface area contributed by atoms with Crippen molar-refractivity contribution < 1.29 is 28.6 Å². The van der Waals surface area contributed by atoms with Crippen molar-refractivity contribution in [3.8, 4) is 11.5 Å². The summed E-state index contributed by atoms with van der Waals surface area (Å²) >= 11 is -2.62. The molecule has 0 amide bonds. The number of ketones is 2. The summed E-state index contributed by atoms with van der Waals surface area (Å²) in [6, 6.07) is 5.98. The van der Waals surface area contributed by atoms with Gasteiger partial charge in [-0.05, 0) is 30.3 Å². The lowest BCUT2D eigenvalue weighted by Crippen LogP contribution is -2.22. The molecular weight excluding hydrogens is 296 g/mol. The summed E-state index contributed by atoms with van der Waals surface area (Å²) in [5.74, 6) is -1.89. The first-order valence-corrected chi connectivity index (χ1v) is 6.91. The second-order valence-electron chi connectivity index (χ2n) is 4.47. The van der Waals surface area contributed by atoms with Crippen molar-refractivity contribution in [3.63, 3.8) is 0 Å². The van der Waals surface area contributed by atoms with Crippen molar-refractivity contribution in [2.24, 2.45) is 0 Å². The van der Waals surface area contributed by atoms with E-state index in [4.69, 9.17) is 0 Å². The Balaban J connectivity index is 2.38. The third-order valence-electron chi connectivity index (χ3n) is 3.28. The fourth-order valence-electron chi connectivity index (χ4n) is 2.36. The van der Waals surface area contributed by atoms with Crippen LogP contribution in [0.25, 0.3) is 0 Å². The van der Waals surface area contributed by atoms with Gasteiger partial charge in [0, 0.05) is 16.7 Å². The number of hydrogen-bond acceptors (Lipinski definition) is 5. The van der Waals surface area contributed by atoms with Gasteiger partial charge in [-0.2, -0.15) is 0 Å². The number of benzene rings is 2. The summed E-state index contributed by atoms with van der Waals surface area (Å²) in [7, 11) is 0. The molecular formula is C14H8O6S. The van der Waals surface area contributed by atoms with Crippen LogP contribution in [0.3, 0.4) is 0 Å². The zero-order valence-corrected chi connectivity index (χ0v) is 11.2. The fraction of sp³-hybridized carbons (Fsp3) is 0. The molecule has 0 saturated carbocycles. The van der Waals surface area contributed by atoms with E-state index in [0.29, 0.717) is 0 Å². The van der Waals surface area contributed by atoms with Gasteiger partial charge in [-0.15, -0.1) is 0 Å². The highest BCUT2D eigenvalue weighted by molar-refractivity contribution is 7.79. The van der Waals surface area contributed by atoms with E-state index in [1.54, 1.807) is 0 Å². The molecule has 1 aliphatic rings. The number of rotatable bonds is 1. The number of carbonyl (C=O) groups excluding carboxylic acids is 2. The Labute approximate surface area is 121 Å². The number of hydrogen-bond donors (Lipinski definition) is 3. The number of phenols is 2. The first-order valence-electron chi connectivity index (χ1n) is 5.81. The largest absolute Gasteiger partial charge is 0.508 e. The van der Waals surface area contributed by atoms with Crippen LogP contribution in [0.1, 0.15) is 31.8 Å². The lowest BCUT2D eigenvalue weighted by molar-refractivity contribution is 0.0976. The standard InChI is InChI=1S/C14H8O6S/c15-6-1-2-7-9(5-6)12(17)8-3-4-10(16)14(21(19)20)11(8)13(7)18/h1-5,15-16H,(H,19,20). The van der Waals surface area contributed by atoms with Gasteiger partial charge in [0.2, 0.25) is 0 Å². The Morgan fingerprint density at radius 3 is 2.19 bits per heavy atom. The van der Waals surface area contributed by atoms with E-state index in [9.17, 15) is 28.6 Å². The number of aromatic hydroxyl groups is 2. The van der Waals surface area contributed by atoms with Crippen molar-refractivity contribution >= 4 is 22.6 Å². The van der Waals surface area contributed by atoms with Crippen molar-refractivity contribution in [1.82, 2.24) is 0 Å². The molecule has 106 valence electrons. The monoisotopic (exact) mass is 304 g/mol. The second-order valence-corrected chi connectivity index (χ2v) is 5.38. The molecule has 1 unspecified atom stereocenters. The predicted molar refractivity (Wildman–Crippen MR) is 72.1 cm³/mol. The minimum Gasteiger partial charge on any atom is -0.508 e. The van der Waals surface area contributed by atoms with Gasteiger partial charge >= 0.3 is 0 Å². The fourth-order valence-corrected chi connectivity index (χ4v) is 2.99. The number of phenolic OH excluding ortho intramolecular Hbond substituents is 2. The molecule has 0 aromatic heterocycles. The zero-order chi connectivity index (χ0) is 15.3. The van der Waals surface area contributed by atoms with E-state index in [0.717, 1.165) is 6.07 Å². The molecule has 0 saturated heterocycles. The van der Waals surface area contributed by atoms with Crippen LogP contribution >= 0.6 is 0 Å². The number of fused-ring (bicyclic) bond motifs is 2. The van der Waals surface area contributed by atoms with Crippen LogP contribution in [-0.4, -0.2) is 30.5 Å². The normalized spacial score (nSPS) is 14.5.